The number of aromatic hydroxyl groups is 1. The van der Waals surface area contributed by atoms with Crippen LogP contribution in [0.4, 0.5) is 10.1 Å². The highest BCUT2D eigenvalue weighted by atomic mass is 19.1. The Bertz CT molecular complexity index is 646. The van der Waals surface area contributed by atoms with Gasteiger partial charge >= 0.3 is 0 Å². The van der Waals surface area contributed by atoms with Gasteiger partial charge < -0.3 is 14.7 Å². The van der Waals surface area contributed by atoms with Gasteiger partial charge in [-0.3, -0.25) is 4.79 Å². The quantitative estimate of drug-likeness (QED) is 0.933. The van der Waals surface area contributed by atoms with Gasteiger partial charge in [0.05, 0.1) is 7.11 Å². The van der Waals surface area contributed by atoms with Crippen LogP contribution in [-0.4, -0.2) is 30.2 Å². The Labute approximate surface area is 115 Å². The van der Waals surface area contributed by atoms with Crippen LogP contribution in [0.25, 0.3) is 0 Å². The van der Waals surface area contributed by atoms with E-state index >= 15 is 0 Å². The lowest BCUT2D eigenvalue weighted by atomic mass is 10.2. The molecule has 0 spiro atoms. The summed E-state index contributed by atoms with van der Waals surface area (Å²) in [5.41, 5.74) is 0.240. The first-order valence-corrected chi connectivity index (χ1v) is 5.80. The summed E-state index contributed by atoms with van der Waals surface area (Å²) in [5.74, 6) is -1.24. The Morgan fingerprint density at radius 1 is 1.40 bits per heavy atom. The minimum absolute atomic E-state index is 0.0915. The van der Waals surface area contributed by atoms with Crippen LogP contribution in [0.2, 0.25) is 0 Å². The van der Waals surface area contributed by atoms with Gasteiger partial charge in [0.2, 0.25) is 0 Å². The lowest BCUT2D eigenvalue weighted by Gasteiger charge is -2.17. The molecule has 1 amide bonds. The summed E-state index contributed by atoms with van der Waals surface area (Å²) in [6.45, 7) is 0. The van der Waals surface area contributed by atoms with Crippen LogP contribution in [0.15, 0.2) is 36.5 Å². The molecule has 0 unspecified atom stereocenters. The minimum Gasteiger partial charge on any atom is -0.505 e. The second-order valence-electron chi connectivity index (χ2n) is 4.05. The second-order valence-corrected chi connectivity index (χ2v) is 4.05. The number of ether oxygens (including phenoxy) is 1. The molecule has 6 heteroatoms. The first kappa shape index (κ1) is 13.8. The average molecular weight is 276 g/mol. The molecule has 0 fully saturated rings. The molecule has 0 radical (unpaired) electrons. The van der Waals surface area contributed by atoms with Crippen molar-refractivity contribution in [3.63, 3.8) is 0 Å². The molecule has 5 nitrogen and oxygen atoms in total. The van der Waals surface area contributed by atoms with Crippen molar-refractivity contribution in [1.29, 1.82) is 0 Å². The molecule has 1 heterocycles. The topological polar surface area (TPSA) is 62.7 Å². The average Bonchev–Trinajstić information content (AvgIpc) is 2.46. The highest BCUT2D eigenvalue weighted by molar-refractivity contribution is 6.06. The van der Waals surface area contributed by atoms with Crippen LogP contribution in [0.3, 0.4) is 0 Å². The molecular weight excluding hydrogens is 263 g/mol. The van der Waals surface area contributed by atoms with Crippen LogP contribution in [-0.2, 0) is 0 Å². The second kappa shape index (κ2) is 5.56. The van der Waals surface area contributed by atoms with Crippen LogP contribution >= 0.6 is 0 Å². The number of carbonyl (C=O) groups excluding carboxylic acids is 1. The molecule has 0 bridgehead atoms. The highest BCUT2D eigenvalue weighted by Crippen LogP contribution is 2.24. The van der Waals surface area contributed by atoms with Gasteiger partial charge in [0, 0.05) is 25.0 Å². The van der Waals surface area contributed by atoms with E-state index in [0.29, 0.717) is 5.69 Å². The fraction of sp³-hybridized carbons (Fsp3) is 0.143. The normalized spacial score (nSPS) is 10.2. The van der Waals surface area contributed by atoms with Crippen molar-refractivity contribution >= 4 is 11.6 Å². The maximum Gasteiger partial charge on any atom is 0.280 e. The van der Waals surface area contributed by atoms with Crippen molar-refractivity contribution in [2.45, 2.75) is 0 Å². The number of anilines is 1. The number of rotatable bonds is 3. The molecule has 1 aromatic heterocycles. The molecule has 0 aliphatic carbocycles. The number of amides is 1. The first-order valence-electron chi connectivity index (χ1n) is 5.80. The Balaban J connectivity index is 2.32. The van der Waals surface area contributed by atoms with Crippen molar-refractivity contribution in [1.82, 2.24) is 4.98 Å². The van der Waals surface area contributed by atoms with E-state index < -0.39 is 11.7 Å². The van der Waals surface area contributed by atoms with Gasteiger partial charge in [-0.05, 0) is 24.3 Å². The van der Waals surface area contributed by atoms with E-state index in [9.17, 15) is 14.3 Å². The van der Waals surface area contributed by atoms with Gasteiger partial charge in [-0.2, -0.15) is 0 Å². The van der Waals surface area contributed by atoms with E-state index in [1.165, 1.54) is 49.5 Å². The SMILES string of the molecule is COc1ccc(N(C)C(=O)c2ncccc2O)cc1F. The summed E-state index contributed by atoms with van der Waals surface area (Å²) < 4.78 is 18.4. The van der Waals surface area contributed by atoms with E-state index in [4.69, 9.17) is 4.74 Å². The lowest BCUT2D eigenvalue weighted by molar-refractivity contribution is 0.0985. The van der Waals surface area contributed by atoms with Crippen molar-refractivity contribution in [2.24, 2.45) is 0 Å². The number of benzene rings is 1. The molecule has 0 atom stereocenters. The Morgan fingerprint density at radius 2 is 2.15 bits per heavy atom. The molecule has 2 rings (SSSR count). The monoisotopic (exact) mass is 276 g/mol. The lowest BCUT2D eigenvalue weighted by Crippen LogP contribution is -2.27. The highest BCUT2D eigenvalue weighted by Gasteiger charge is 2.19. The predicted molar refractivity (Wildman–Crippen MR) is 71.6 cm³/mol. The van der Waals surface area contributed by atoms with Gasteiger partial charge in [0.1, 0.15) is 5.75 Å². The largest absolute Gasteiger partial charge is 0.505 e. The summed E-state index contributed by atoms with van der Waals surface area (Å²) in [6.07, 6.45) is 1.40. The van der Waals surface area contributed by atoms with E-state index in [0.717, 1.165) is 0 Å². The zero-order valence-corrected chi connectivity index (χ0v) is 11.0. The number of halogens is 1. The van der Waals surface area contributed by atoms with Gasteiger partial charge in [-0.25, -0.2) is 9.37 Å². The molecule has 0 aliphatic rings. The number of nitrogens with zero attached hydrogens (tertiary/aromatic N) is 2. The maximum atomic E-state index is 13.6. The van der Waals surface area contributed by atoms with Crippen LogP contribution in [0.5, 0.6) is 11.5 Å². The summed E-state index contributed by atoms with van der Waals surface area (Å²) in [4.78, 5) is 17.2. The fourth-order valence-electron chi connectivity index (χ4n) is 1.70. The molecule has 1 N–H and O–H groups in total. The number of aromatic nitrogens is 1. The Kier molecular flexibility index (Phi) is 3.84. The zero-order valence-electron chi connectivity index (χ0n) is 11.0. The molecular formula is C14H13FN2O3. The van der Waals surface area contributed by atoms with Gasteiger partial charge in [0.15, 0.2) is 17.3 Å². The van der Waals surface area contributed by atoms with Crippen LogP contribution < -0.4 is 9.64 Å². The predicted octanol–water partition coefficient (Wildman–Crippen LogP) is 2.21. The van der Waals surface area contributed by atoms with Gasteiger partial charge in [0.25, 0.3) is 5.91 Å². The van der Waals surface area contributed by atoms with Crippen molar-refractivity contribution in [2.75, 3.05) is 19.1 Å². The minimum atomic E-state index is -0.574. The number of methoxy groups -OCH3 is 1. The third kappa shape index (κ3) is 2.54. The van der Waals surface area contributed by atoms with Crippen molar-refractivity contribution < 1.29 is 19.0 Å². The summed E-state index contributed by atoms with van der Waals surface area (Å²) in [7, 11) is 2.83. The van der Waals surface area contributed by atoms with E-state index in [1.54, 1.807) is 6.07 Å². The van der Waals surface area contributed by atoms with Crippen LogP contribution in [0, 0.1) is 5.82 Å². The Hall–Kier alpha value is -2.63. The number of hydrogen-bond acceptors (Lipinski definition) is 4. The number of carbonyl (C=O) groups is 1. The van der Waals surface area contributed by atoms with E-state index in [-0.39, 0.29) is 17.2 Å². The van der Waals surface area contributed by atoms with E-state index in [1.807, 2.05) is 0 Å². The molecule has 0 saturated heterocycles. The van der Waals surface area contributed by atoms with Crippen molar-refractivity contribution in [3.05, 3.63) is 48.0 Å². The van der Waals surface area contributed by atoms with Crippen LogP contribution in [0.1, 0.15) is 10.5 Å². The molecule has 20 heavy (non-hydrogen) atoms. The summed E-state index contributed by atoms with van der Waals surface area (Å²) in [5, 5.41) is 9.61. The van der Waals surface area contributed by atoms with Gasteiger partial charge in [-0.1, -0.05) is 0 Å². The Morgan fingerprint density at radius 3 is 2.75 bits per heavy atom. The first-order chi connectivity index (χ1) is 9.54. The number of pyridine rings is 1. The smallest absolute Gasteiger partial charge is 0.280 e. The third-order valence-corrected chi connectivity index (χ3v) is 2.82. The molecule has 0 saturated carbocycles. The van der Waals surface area contributed by atoms with E-state index in [2.05, 4.69) is 4.98 Å². The molecule has 104 valence electrons. The summed E-state index contributed by atoms with van der Waals surface area (Å²) in [6, 6.07) is 7.02. The van der Waals surface area contributed by atoms with Crippen molar-refractivity contribution in [3.8, 4) is 11.5 Å². The third-order valence-electron chi connectivity index (χ3n) is 2.82. The fourth-order valence-corrected chi connectivity index (χ4v) is 1.70. The molecule has 2 aromatic rings. The van der Waals surface area contributed by atoms with Gasteiger partial charge in [-0.15, -0.1) is 0 Å². The molecule has 1 aromatic carbocycles. The molecule has 0 aliphatic heterocycles. The summed E-state index contributed by atoms with van der Waals surface area (Å²) >= 11 is 0. The number of hydrogen-bond donors (Lipinski definition) is 1. The zero-order chi connectivity index (χ0) is 14.7. The standard InChI is InChI=1S/C14H13FN2O3/c1-17(9-5-6-12(20-2)10(15)8-9)14(19)13-11(18)4-3-7-16-13/h3-8,18H,1-2H3. The maximum absolute atomic E-state index is 13.6.